The molecular weight excluding hydrogens is 351 g/mol. The van der Waals surface area contributed by atoms with E-state index in [0.29, 0.717) is 17.9 Å². The Balaban J connectivity index is 2.12. The predicted molar refractivity (Wildman–Crippen MR) is 98.7 cm³/mol. The number of hydrogen-bond donors (Lipinski definition) is 3. The van der Waals surface area contributed by atoms with Gasteiger partial charge in [-0.3, -0.25) is 4.79 Å². The number of aromatic nitrogens is 2. The summed E-state index contributed by atoms with van der Waals surface area (Å²) in [6.07, 6.45) is 2.05. The van der Waals surface area contributed by atoms with E-state index in [9.17, 15) is 14.7 Å². The molecule has 0 aliphatic carbocycles. The maximum absolute atomic E-state index is 15.3. The summed E-state index contributed by atoms with van der Waals surface area (Å²) in [5.74, 6) is -1.87. The van der Waals surface area contributed by atoms with E-state index in [1.54, 1.807) is 4.57 Å². The van der Waals surface area contributed by atoms with Crippen molar-refractivity contribution in [1.82, 2.24) is 20.2 Å². The third-order valence-corrected chi connectivity index (χ3v) is 5.69. The Labute approximate surface area is 155 Å². The van der Waals surface area contributed by atoms with E-state index in [1.165, 1.54) is 13.1 Å². The molecule has 2 bridgehead atoms. The van der Waals surface area contributed by atoms with Crippen molar-refractivity contribution < 1.29 is 14.3 Å². The number of rotatable bonds is 2. The van der Waals surface area contributed by atoms with E-state index in [1.807, 2.05) is 20.8 Å². The van der Waals surface area contributed by atoms with Gasteiger partial charge in [-0.2, -0.15) is 0 Å². The lowest BCUT2D eigenvalue weighted by Crippen LogP contribution is -2.48. The molecule has 8 heteroatoms. The minimum Gasteiger partial charge on any atom is -0.477 e. The van der Waals surface area contributed by atoms with Gasteiger partial charge in [0.1, 0.15) is 22.7 Å². The van der Waals surface area contributed by atoms with Gasteiger partial charge in [0.2, 0.25) is 5.43 Å². The normalized spacial score (nSPS) is 24.7. The van der Waals surface area contributed by atoms with Gasteiger partial charge in [-0.25, -0.2) is 14.2 Å². The number of aromatic carboxylic acids is 1. The van der Waals surface area contributed by atoms with Crippen molar-refractivity contribution >= 4 is 17.0 Å². The quantitative estimate of drug-likeness (QED) is 0.737. The summed E-state index contributed by atoms with van der Waals surface area (Å²) in [6.45, 7) is 8.50. The Bertz CT molecular complexity index is 1030. The number of fused-ring (bicyclic) bond motifs is 3. The SMILES string of the molecule is Cc1c(F)c(C23CNC(CN2)C3)nc2c1c(=O)c(C(=O)O)cn2C(C)(C)C. The molecule has 0 radical (unpaired) electrons. The van der Waals surface area contributed by atoms with Crippen LogP contribution in [0, 0.1) is 12.7 Å². The van der Waals surface area contributed by atoms with Crippen LogP contribution >= 0.6 is 0 Å². The van der Waals surface area contributed by atoms with Crippen LogP contribution in [0.2, 0.25) is 0 Å². The molecule has 3 N–H and O–H groups in total. The van der Waals surface area contributed by atoms with Crippen LogP contribution in [-0.2, 0) is 11.1 Å². The van der Waals surface area contributed by atoms with Crippen molar-refractivity contribution in [3.63, 3.8) is 0 Å². The molecule has 144 valence electrons. The van der Waals surface area contributed by atoms with Crippen LogP contribution in [0.1, 0.15) is 48.8 Å². The molecule has 2 aromatic rings. The Morgan fingerprint density at radius 1 is 1.44 bits per heavy atom. The number of piperazine rings is 1. The molecule has 2 fully saturated rings. The molecule has 7 nitrogen and oxygen atoms in total. The lowest BCUT2D eigenvalue weighted by atomic mass is 9.92. The van der Waals surface area contributed by atoms with Gasteiger partial charge in [0.25, 0.3) is 0 Å². The molecule has 0 aromatic carbocycles. The highest BCUT2D eigenvalue weighted by molar-refractivity contribution is 5.92. The Kier molecular flexibility index (Phi) is 3.74. The Hall–Kier alpha value is -2.32. The molecule has 2 aromatic heterocycles. The number of hydrogen-bond acceptors (Lipinski definition) is 5. The number of halogens is 1. The number of nitrogens with one attached hydrogen (secondary N) is 2. The molecule has 2 saturated heterocycles. The zero-order valence-corrected chi connectivity index (χ0v) is 15.8. The highest BCUT2D eigenvalue weighted by Crippen LogP contribution is 2.38. The second-order valence-electron chi connectivity index (χ2n) is 8.56. The Morgan fingerprint density at radius 3 is 2.63 bits per heavy atom. The summed E-state index contributed by atoms with van der Waals surface area (Å²) in [6, 6.07) is 0.279. The zero-order valence-electron chi connectivity index (χ0n) is 15.8. The maximum atomic E-state index is 15.3. The fourth-order valence-electron chi connectivity index (χ4n) is 4.22. The number of nitrogens with zero attached hydrogens (tertiary/aromatic N) is 2. The topological polar surface area (TPSA) is 96.2 Å². The summed E-state index contributed by atoms with van der Waals surface area (Å²) in [4.78, 5) is 29.0. The van der Waals surface area contributed by atoms with Crippen LogP contribution in [0.25, 0.3) is 11.0 Å². The lowest BCUT2D eigenvalue weighted by Gasteiger charge is -2.30. The minimum absolute atomic E-state index is 0.0305. The number of carboxylic acids is 1. The van der Waals surface area contributed by atoms with Crippen LogP contribution in [0.15, 0.2) is 11.0 Å². The zero-order chi connectivity index (χ0) is 19.7. The summed E-state index contributed by atoms with van der Waals surface area (Å²) in [5, 5.41) is 16.2. The van der Waals surface area contributed by atoms with Crippen molar-refractivity contribution in [1.29, 1.82) is 0 Å². The first-order chi connectivity index (χ1) is 12.5. The molecule has 27 heavy (non-hydrogen) atoms. The van der Waals surface area contributed by atoms with Crippen molar-refractivity contribution in [2.24, 2.45) is 0 Å². The van der Waals surface area contributed by atoms with E-state index < -0.39 is 28.3 Å². The fourth-order valence-corrected chi connectivity index (χ4v) is 4.22. The molecule has 2 atom stereocenters. The molecule has 0 spiro atoms. The number of aryl methyl sites for hydroxylation is 1. The summed E-state index contributed by atoms with van der Waals surface area (Å²) >= 11 is 0. The first-order valence-electron chi connectivity index (χ1n) is 9.03. The molecule has 2 unspecified atom stereocenters. The first-order valence-corrected chi connectivity index (χ1v) is 9.03. The second kappa shape index (κ2) is 5.59. The van der Waals surface area contributed by atoms with Gasteiger partial charge in [0, 0.05) is 36.4 Å². The summed E-state index contributed by atoms with van der Waals surface area (Å²) < 4.78 is 17.0. The highest BCUT2D eigenvalue weighted by Gasteiger charge is 2.49. The van der Waals surface area contributed by atoms with E-state index >= 15 is 4.39 Å². The monoisotopic (exact) mass is 374 g/mol. The molecular formula is C19H23FN4O3. The lowest BCUT2D eigenvalue weighted by molar-refractivity contribution is 0.0694. The first kappa shape index (κ1) is 18.1. The van der Waals surface area contributed by atoms with E-state index in [-0.39, 0.29) is 22.6 Å². The average Bonchev–Trinajstić information content (AvgIpc) is 3.18. The van der Waals surface area contributed by atoms with Gasteiger partial charge in [0.15, 0.2) is 0 Å². The largest absolute Gasteiger partial charge is 0.477 e. The average molecular weight is 374 g/mol. The van der Waals surface area contributed by atoms with Crippen LogP contribution in [0.5, 0.6) is 0 Å². The van der Waals surface area contributed by atoms with Crippen LogP contribution in [0.3, 0.4) is 0 Å². The van der Waals surface area contributed by atoms with Crippen molar-refractivity contribution in [2.45, 2.75) is 51.2 Å². The molecule has 4 heterocycles. The fraction of sp³-hybridized carbons (Fsp3) is 0.526. The number of carboxylic acid groups (broad SMARTS) is 1. The highest BCUT2D eigenvalue weighted by atomic mass is 19.1. The summed E-state index contributed by atoms with van der Waals surface area (Å²) in [7, 11) is 0. The summed E-state index contributed by atoms with van der Waals surface area (Å²) in [5.41, 5.74) is -1.46. The minimum atomic E-state index is -1.33. The van der Waals surface area contributed by atoms with Gasteiger partial charge in [-0.15, -0.1) is 0 Å². The van der Waals surface area contributed by atoms with Gasteiger partial charge < -0.3 is 20.3 Å². The van der Waals surface area contributed by atoms with Gasteiger partial charge >= 0.3 is 5.97 Å². The van der Waals surface area contributed by atoms with Crippen molar-refractivity contribution in [3.8, 4) is 0 Å². The van der Waals surface area contributed by atoms with Crippen molar-refractivity contribution in [3.05, 3.63) is 39.1 Å². The predicted octanol–water partition coefficient (Wildman–Crippen LogP) is 1.46. The number of carbonyl (C=O) groups is 1. The molecule has 2 aliphatic heterocycles. The van der Waals surface area contributed by atoms with Gasteiger partial charge in [-0.05, 0) is 34.1 Å². The van der Waals surface area contributed by atoms with Gasteiger partial charge in [0.05, 0.1) is 10.9 Å². The standard InChI is InChI=1S/C19H23FN4O3/c1-9-12-14(25)11(17(26)27)7-24(18(2,3)4)16(12)23-15(13(9)20)19-5-10(6-22-19)21-8-19/h7,10,21-22H,5-6,8H2,1-4H3,(H,26,27). The second-order valence-corrected chi connectivity index (χ2v) is 8.56. The third kappa shape index (κ3) is 2.50. The molecule has 2 aliphatic rings. The number of pyridine rings is 2. The smallest absolute Gasteiger partial charge is 0.341 e. The van der Waals surface area contributed by atoms with Crippen LogP contribution in [0.4, 0.5) is 4.39 Å². The van der Waals surface area contributed by atoms with E-state index in [4.69, 9.17) is 0 Å². The molecule has 0 saturated carbocycles. The van der Waals surface area contributed by atoms with Crippen LogP contribution in [-0.4, -0.2) is 39.8 Å². The van der Waals surface area contributed by atoms with Crippen LogP contribution < -0.4 is 16.1 Å². The third-order valence-electron chi connectivity index (χ3n) is 5.69. The van der Waals surface area contributed by atoms with E-state index in [0.717, 1.165) is 13.0 Å². The maximum Gasteiger partial charge on any atom is 0.341 e. The van der Waals surface area contributed by atoms with E-state index in [2.05, 4.69) is 15.6 Å². The van der Waals surface area contributed by atoms with Crippen molar-refractivity contribution in [2.75, 3.05) is 13.1 Å². The molecule has 0 amide bonds. The molecule has 4 rings (SSSR count). The Morgan fingerprint density at radius 2 is 2.15 bits per heavy atom. The van der Waals surface area contributed by atoms with Gasteiger partial charge in [-0.1, -0.05) is 0 Å².